The van der Waals surface area contributed by atoms with E-state index >= 15 is 0 Å². The van der Waals surface area contributed by atoms with E-state index in [9.17, 15) is 9.59 Å². The monoisotopic (exact) mass is 258 g/mol. The zero-order valence-corrected chi connectivity index (χ0v) is 10.5. The average molecular weight is 258 g/mol. The maximum Gasteiger partial charge on any atom is 0.234 e. The fourth-order valence-corrected chi connectivity index (χ4v) is 2.67. The molecule has 0 aliphatic carbocycles. The molecule has 1 aliphatic heterocycles. The van der Waals surface area contributed by atoms with E-state index in [-0.39, 0.29) is 17.7 Å². The van der Waals surface area contributed by atoms with Crippen molar-refractivity contribution in [1.82, 2.24) is 15.1 Å². The molecule has 1 atom stereocenters. The molecular formula is C13H14N4O2. The third-order valence-electron chi connectivity index (χ3n) is 3.54. The van der Waals surface area contributed by atoms with Crippen LogP contribution in [-0.4, -0.2) is 21.6 Å². The number of hydrogen-bond acceptors (Lipinski definition) is 4. The Morgan fingerprint density at radius 3 is 2.95 bits per heavy atom. The second-order valence-corrected chi connectivity index (χ2v) is 4.76. The van der Waals surface area contributed by atoms with Crippen molar-refractivity contribution >= 4 is 28.5 Å². The summed E-state index contributed by atoms with van der Waals surface area (Å²) in [5.74, 6) is -0.329. The first kappa shape index (κ1) is 11.7. The lowest BCUT2D eigenvalue weighted by molar-refractivity contribution is -0.134. The van der Waals surface area contributed by atoms with E-state index in [1.807, 2.05) is 18.2 Å². The highest BCUT2D eigenvalue weighted by Crippen LogP contribution is 2.32. The van der Waals surface area contributed by atoms with Crippen LogP contribution in [0.4, 0.5) is 5.82 Å². The number of para-hydroxylation sites is 1. The van der Waals surface area contributed by atoms with Gasteiger partial charge in [0.05, 0.1) is 11.4 Å². The molecule has 1 fully saturated rings. The van der Waals surface area contributed by atoms with E-state index in [0.29, 0.717) is 18.7 Å². The third-order valence-corrected chi connectivity index (χ3v) is 3.54. The Bertz CT molecular complexity index is 689. The molecule has 6 nitrogen and oxygen atoms in total. The maximum atomic E-state index is 12.0. The molecule has 3 rings (SSSR count). The first-order valence-corrected chi connectivity index (χ1v) is 6.12. The summed E-state index contributed by atoms with van der Waals surface area (Å²) in [5.41, 5.74) is 7.57. The summed E-state index contributed by atoms with van der Waals surface area (Å²) in [5, 5.41) is 7.40. The number of imide groups is 1. The lowest BCUT2D eigenvalue weighted by Gasteiger charge is -2.21. The van der Waals surface area contributed by atoms with Gasteiger partial charge in [-0.15, -0.1) is 0 Å². The third kappa shape index (κ3) is 1.76. The Morgan fingerprint density at radius 1 is 1.42 bits per heavy atom. The predicted molar refractivity (Wildman–Crippen MR) is 70.3 cm³/mol. The fraction of sp³-hybridized carbons (Fsp3) is 0.308. The molecular weight excluding hydrogens is 244 g/mol. The standard InChI is InChI=1S/C13H14N4O2/c1-17-11-7(3-2-4-9(11)12(14)16-17)8-5-6-10(18)15-13(8)19/h2-4,8H,5-6H2,1H3,(H2,14,16)(H,15,18,19). The first-order valence-electron chi connectivity index (χ1n) is 6.12. The minimum atomic E-state index is -0.323. The van der Waals surface area contributed by atoms with Gasteiger partial charge in [-0.3, -0.25) is 19.6 Å². The van der Waals surface area contributed by atoms with Crippen molar-refractivity contribution in [2.75, 3.05) is 5.73 Å². The van der Waals surface area contributed by atoms with E-state index in [1.54, 1.807) is 11.7 Å². The van der Waals surface area contributed by atoms with Crippen LogP contribution in [0.2, 0.25) is 0 Å². The topological polar surface area (TPSA) is 90.0 Å². The van der Waals surface area contributed by atoms with Crippen molar-refractivity contribution in [2.24, 2.45) is 7.05 Å². The molecule has 6 heteroatoms. The van der Waals surface area contributed by atoms with Gasteiger partial charge in [-0.05, 0) is 18.1 Å². The molecule has 2 heterocycles. The highest BCUT2D eigenvalue weighted by atomic mass is 16.2. The minimum absolute atomic E-state index is 0.210. The molecule has 2 amide bonds. The normalized spacial score (nSPS) is 19.7. The van der Waals surface area contributed by atoms with Crippen molar-refractivity contribution in [2.45, 2.75) is 18.8 Å². The van der Waals surface area contributed by atoms with Gasteiger partial charge in [0, 0.05) is 18.9 Å². The van der Waals surface area contributed by atoms with Crippen molar-refractivity contribution in [1.29, 1.82) is 0 Å². The number of nitrogen functional groups attached to an aromatic ring is 1. The molecule has 19 heavy (non-hydrogen) atoms. The number of nitrogens with one attached hydrogen (secondary N) is 1. The first-order chi connectivity index (χ1) is 9.08. The van der Waals surface area contributed by atoms with Crippen LogP contribution in [0.1, 0.15) is 24.3 Å². The number of anilines is 1. The van der Waals surface area contributed by atoms with Crippen LogP contribution < -0.4 is 11.1 Å². The van der Waals surface area contributed by atoms with Gasteiger partial charge in [0.1, 0.15) is 0 Å². The summed E-state index contributed by atoms with van der Waals surface area (Å²) in [6.07, 6.45) is 0.884. The second kappa shape index (κ2) is 4.08. The van der Waals surface area contributed by atoms with Crippen LogP contribution in [0.25, 0.3) is 10.9 Å². The Hall–Kier alpha value is -2.37. The molecule has 0 spiro atoms. The molecule has 1 aliphatic rings. The Balaban J connectivity index is 2.15. The molecule has 1 aromatic heterocycles. The molecule has 0 saturated carbocycles. The average Bonchev–Trinajstić information content (AvgIpc) is 2.65. The number of carbonyl (C=O) groups is 2. The number of aryl methyl sites for hydroxylation is 1. The number of fused-ring (bicyclic) bond motifs is 1. The van der Waals surface area contributed by atoms with Crippen LogP contribution in [0.3, 0.4) is 0 Å². The Morgan fingerprint density at radius 2 is 2.21 bits per heavy atom. The molecule has 98 valence electrons. The quantitative estimate of drug-likeness (QED) is 0.736. The van der Waals surface area contributed by atoms with Crippen LogP contribution >= 0.6 is 0 Å². The number of aromatic nitrogens is 2. The molecule has 1 aromatic carbocycles. The minimum Gasteiger partial charge on any atom is -0.382 e. The SMILES string of the molecule is Cn1nc(N)c2cccc(C3CCC(=O)NC3=O)c21. The largest absolute Gasteiger partial charge is 0.382 e. The van der Waals surface area contributed by atoms with Crippen LogP contribution in [-0.2, 0) is 16.6 Å². The van der Waals surface area contributed by atoms with Crippen LogP contribution in [0, 0.1) is 0 Å². The van der Waals surface area contributed by atoms with Gasteiger partial charge in [-0.25, -0.2) is 0 Å². The van der Waals surface area contributed by atoms with Crippen molar-refractivity contribution in [3.8, 4) is 0 Å². The molecule has 1 saturated heterocycles. The number of benzene rings is 1. The summed E-state index contributed by atoms with van der Waals surface area (Å²) in [6, 6.07) is 5.63. The fourth-order valence-electron chi connectivity index (χ4n) is 2.67. The van der Waals surface area contributed by atoms with E-state index in [2.05, 4.69) is 10.4 Å². The summed E-state index contributed by atoms with van der Waals surface area (Å²) in [4.78, 5) is 23.2. The highest BCUT2D eigenvalue weighted by molar-refractivity contribution is 6.03. The van der Waals surface area contributed by atoms with Crippen molar-refractivity contribution in [3.63, 3.8) is 0 Å². The van der Waals surface area contributed by atoms with E-state index in [0.717, 1.165) is 16.5 Å². The molecule has 0 bridgehead atoms. The molecule has 0 radical (unpaired) electrons. The summed E-state index contributed by atoms with van der Waals surface area (Å²) in [6.45, 7) is 0. The number of nitrogens with zero attached hydrogens (tertiary/aromatic N) is 2. The van der Waals surface area contributed by atoms with E-state index in [4.69, 9.17) is 5.73 Å². The summed E-state index contributed by atoms with van der Waals surface area (Å²) >= 11 is 0. The van der Waals surface area contributed by atoms with Gasteiger partial charge >= 0.3 is 0 Å². The van der Waals surface area contributed by atoms with Gasteiger partial charge in [0.15, 0.2) is 5.82 Å². The van der Waals surface area contributed by atoms with E-state index < -0.39 is 0 Å². The Labute approximate surface area is 109 Å². The Kier molecular flexibility index (Phi) is 2.51. The van der Waals surface area contributed by atoms with Crippen molar-refractivity contribution < 1.29 is 9.59 Å². The number of piperidine rings is 1. The number of rotatable bonds is 1. The number of amides is 2. The lowest BCUT2D eigenvalue weighted by atomic mass is 9.89. The van der Waals surface area contributed by atoms with Gasteiger partial charge < -0.3 is 5.73 Å². The predicted octanol–water partition coefficient (Wildman–Crippen LogP) is 0.676. The lowest BCUT2D eigenvalue weighted by Crippen LogP contribution is -2.39. The van der Waals surface area contributed by atoms with Crippen molar-refractivity contribution in [3.05, 3.63) is 23.8 Å². The zero-order chi connectivity index (χ0) is 13.6. The van der Waals surface area contributed by atoms with Gasteiger partial charge in [0.2, 0.25) is 11.8 Å². The van der Waals surface area contributed by atoms with Crippen LogP contribution in [0.5, 0.6) is 0 Å². The summed E-state index contributed by atoms with van der Waals surface area (Å²) < 4.78 is 1.68. The maximum absolute atomic E-state index is 12.0. The molecule has 1 unspecified atom stereocenters. The van der Waals surface area contributed by atoms with Crippen LogP contribution in [0.15, 0.2) is 18.2 Å². The number of hydrogen-bond donors (Lipinski definition) is 2. The zero-order valence-electron chi connectivity index (χ0n) is 10.5. The van der Waals surface area contributed by atoms with Gasteiger partial charge in [0.25, 0.3) is 0 Å². The van der Waals surface area contributed by atoms with E-state index in [1.165, 1.54) is 0 Å². The van der Waals surface area contributed by atoms with Gasteiger partial charge in [-0.2, -0.15) is 5.10 Å². The highest BCUT2D eigenvalue weighted by Gasteiger charge is 2.30. The number of nitrogens with two attached hydrogens (primary N) is 1. The van der Waals surface area contributed by atoms with Gasteiger partial charge in [-0.1, -0.05) is 12.1 Å². The molecule has 3 N–H and O–H groups in total. The number of carbonyl (C=O) groups excluding carboxylic acids is 2. The second-order valence-electron chi connectivity index (χ2n) is 4.76. The molecule has 2 aromatic rings. The smallest absolute Gasteiger partial charge is 0.234 e. The summed E-state index contributed by atoms with van der Waals surface area (Å²) in [7, 11) is 1.80.